The van der Waals surface area contributed by atoms with Crippen LogP contribution in [-0.2, 0) is 9.59 Å². The summed E-state index contributed by atoms with van der Waals surface area (Å²) in [4.78, 5) is 21.9. The molecule has 5 nitrogen and oxygen atoms in total. The monoisotopic (exact) mass is 269 g/mol. The lowest BCUT2D eigenvalue weighted by Crippen LogP contribution is -2.47. The predicted molar refractivity (Wildman–Crippen MR) is 75.7 cm³/mol. The van der Waals surface area contributed by atoms with E-state index in [9.17, 15) is 9.59 Å². The Morgan fingerprint density at radius 1 is 1.21 bits per heavy atom. The van der Waals surface area contributed by atoms with Crippen molar-refractivity contribution in [2.24, 2.45) is 5.92 Å². The number of carbonyl (C=O) groups excluding carboxylic acids is 2. The molecular formula is C14H27N3O2. The second-order valence-electron chi connectivity index (χ2n) is 6.42. The molecule has 19 heavy (non-hydrogen) atoms. The van der Waals surface area contributed by atoms with E-state index in [1.807, 2.05) is 20.8 Å². The average Bonchev–Trinajstić information content (AvgIpc) is 2.33. The Kier molecular flexibility index (Phi) is 6.28. The van der Waals surface area contributed by atoms with Gasteiger partial charge in [0.25, 0.3) is 0 Å². The molecule has 0 unspecified atom stereocenters. The van der Waals surface area contributed by atoms with Crippen LogP contribution >= 0.6 is 0 Å². The summed E-state index contributed by atoms with van der Waals surface area (Å²) in [7, 11) is 0. The zero-order valence-electron chi connectivity index (χ0n) is 12.3. The standard InChI is InChI=1S/C14H27N3O2/c1-14(2,3)17-13(19)9-16-12-6-4-11(5-7-12)8-15-10-18/h10-12,16H,4-9H2,1-3H3,(H,15,18)(H,17,19). The molecule has 110 valence electrons. The Morgan fingerprint density at radius 3 is 2.37 bits per heavy atom. The summed E-state index contributed by atoms with van der Waals surface area (Å²) in [6.45, 7) is 7.11. The number of hydrogen-bond donors (Lipinski definition) is 3. The van der Waals surface area contributed by atoms with Crippen molar-refractivity contribution in [1.82, 2.24) is 16.0 Å². The molecule has 1 rings (SSSR count). The van der Waals surface area contributed by atoms with E-state index in [1.54, 1.807) is 0 Å². The van der Waals surface area contributed by atoms with Crippen molar-refractivity contribution in [3.63, 3.8) is 0 Å². The fourth-order valence-corrected chi connectivity index (χ4v) is 2.48. The van der Waals surface area contributed by atoms with Gasteiger partial charge in [0.2, 0.25) is 12.3 Å². The Labute approximate surface area is 115 Å². The van der Waals surface area contributed by atoms with Crippen molar-refractivity contribution in [2.75, 3.05) is 13.1 Å². The minimum absolute atomic E-state index is 0.0530. The second-order valence-corrected chi connectivity index (χ2v) is 6.42. The van der Waals surface area contributed by atoms with Crippen LogP contribution in [0.15, 0.2) is 0 Å². The highest BCUT2D eigenvalue weighted by Crippen LogP contribution is 2.23. The molecule has 0 spiro atoms. The molecule has 2 amide bonds. The Hall–Kier alpha value is -1.10. The number of carbonyl (C=O) groups is 2. The van der Waals surface area contributed by atoms with E-state index in [4.69, 9.17) is 0 Å². The molecule has 0 aliphatic heterocycles. The zero-order chi connectivity index (χ0) is 14.3. The van der Waals surface area contributed by atoms with Crippen LogP contribution in [0.25, 0.3) is 0 Å². The lowest BCUT2D eigenvalue weighted by molar-refractivity contribution is -0.121. The smallest absolute Gasteiger partial charge is 0.234 e. The zero-order valence-corrected chi connectivity index (χ0v) is 12.3. The van der Waals surface area contributed by atoms with Gasteiger partial charge in [0, 0.05) is 18.1 Å². The molecule has 1 aliphatic carbocycles. The highest BCUT2D eigenvalue weighted by atomic mass is 16.2. The molecule has 1 aliphatic rings. The van der Waals surface area contributed by atoms with Gasteiger partial charge in [0.15, 0.2) is 0 Å². The molecule has 3 N–H and O–H groups in total. The summed E-state index contributed by atoms with van der Waals surface area (Å²) in [5.41, 5.74) is -0.170. The lowest BCUT2D eigenvalue weighted by Gasteiger charge is -2.29. The number of nitrogens with one attached hydrogen (secondary N) is 3. The molecule has 0 atom stereocenters. The quantitative estimate of drug-likeness (QED) is 0.625. The molecule has 0 aromatic carbocycles. The van der Waals surface area contributed by atoms with Crippen molar-refractivity contribution in [1.29, 1.82) is 0 Å². The topological polar surface area (TPSA) is 70.2 Å². The minimum Gasteiger partial charge on any atom is -0.358 e. The van der Waals surface area contributed by atoms with Crippen molar-refractivity contribution in [3.8, 4) is 0 Å². The number of hydrogen-bond acceptors (Lipinski definition) is 3. The van der Waals surface area contributed by atoms with Gasteiger partial charge < -0.3 is 16.0 Å². The molecule has 0 bridgehead atoms. The third kappa shape index (κ3) is 7.15. The first-order valence-corrected chi connectivity index (χ1v) is 7.12. The molecule has 0 aromatic rings. The van der Waals surface area contributed by atoms with E-state index in [0.717, 1.165) is 38.6 Å². The van der Waals surface area contributed by atoms with Gasteiger partial charge in [-0.05, 0) is 52.4 Å². The summed E-state index contributed by atoms with van der Waals surface area (Å²) in [5, 5.41) is 9.01. The van der Waals surface area contributed by atoms with Gasteiger partial charge >= 0.3 is 0 Å². The van der Waals surface area contributed by atoms with Crippen molar-refractivity contribution >= 4 is 12.3 Å². The average molecular weight is 269 g/mol. The summed E-state index contributed by atoms with van der Waals surface area (Å²) >= 11 is 0. The summed E-state index contributed by atoms with van der Waals surface area (Å²) in [5.74, 6) is 0.642. The van der Waals surface area contributed by atoms with Crippen LogP contribution in [0.4, 0.5) is 0 Å². The van der Waals surface area contributed by atoms with E-state index in [0.29, 0.717) is 18.5 Å². The Morgan fingerprint density at radius 2 is 1.84 bits per heavy atom. The SMILES string of the molecule is CC(C)(C)NC(=O)CNC1CCC(CNC=O)CC1. The van der Waals surface area contributed by atoms with Crippen molar-refractivity contribution in [3.05, 3.63) is 0 Å². The van der Waals surface area contributed by atoms with Crippen LogP contribution < -0.4 is 16.0 Å². The normalized spacial score (nSPS) is 23.7. The summed E-state index contributed by atoms with van der Waals surface area (Å²) < 4.78 is 0. The van der Waals surface area contributed by atoms with Gasteiger partial charge in [0.1, 0.15) is 0 Å². The van der Waals surface area contributed by atoms with Gasteiger partial charge in [0.05, 0.1) is 6.54 Å². The van der Waals surface area contributed by atoms with Gasteiger partial charge in [-0.1, -0.05) is 0 Å². The van der Waals surface area contributed by atoms with E-state index in [-0.39, 0.29) is 11.4 Å². The molecule has 0 aromatic heterocycles. The van der Waals surface area contributed by atoms with Gasteiger partial charge in [-0.15, -0.1) is 0 Å². The van der Waals surface area contributed by atoms with Gasteiger partial charge in [-0.25, -0.2) is 0 Å². The molecule has 1 fully saturated rings. The first-order valence-electron chi connectivity index (χ1n) is 7.12. The number of rotatable bonds is 6. The van der Waals surface area contributed by atoms with Crippen LogP contribution in [0.1, 0.15) is 46.5 Å². The fraction of sp³-hybridized carbons (Fsp3) is 0.857. The molecule has 0 radical (unpaired) electrons. The largest absolute Gasteiger partial charge is 0.358 e. The number of amides is 2. The molecule has 0 saturated heterocycles. The third-order valence-electron chi connectivity index (χ3n) is 3.40. The highest BCUT2D eigenvalue weighted by molar-refractivity contribution is 5.78. The highest BCUT2D eigenvalue weighted by Gasteiger charge is 2.21. The molecule has 1 saturated carbocycles. The van der Waals surface area contributed by atoms with Gasteiger partial charge in [-0.2, -0.15) is 0 Å². The maximum atomic E-state index is 11.7. The van der Waals surface area contributed by atoms with Crippen LogP contribution in [0, 0.1) is 5.92 Å². The van der Waals surface area contributed by atoms with Gasteiger partial charge in [-0.3, -0.25) is 9.59 Å². The predicted octanol–water partition coefficient (Wildman–Crippen LogP) is 0.796. The minimum atomic E-state index is -0.170. The summed E-state index contributed by atoms with van der Waals surface area (Å²) in [6, 6.07) is 0.429. The van der Waals surface area contributed by atoms with E-state index >= 15 is 0 Å². The summed E-state index contributed by atoms with van der Waals surface area (Å²) in [6.07, 6.45) is 5.14. The van der Waals surface area contributed by atoms with Crippen LogP contribution in [0.5, 0.6) is 0 Å². The fourth-order valence-electron chi connectivity index (χ4n) is 2.48. The van der Waals surface area contributed by atoms with Crippen LogP contribution in [-0.4, -0.2) is 37.0 Å². The van der Waals surface area contributed by atoms with E-state index in [1.165, 1.54) is 0 Å². The van der Waals surface area contributed by atoms with E-state index in [2.05, 4.69) is 16.0 Å². The van der Waals surface area contributed by atoms with E-state index < -0.39 is 0 Å². The maximum Gasteiger partial charge on any atom is 0.234 e. The lowest BCUT2D eigenvalue weighted by atomic mass is 9.86. The Bertz CT molecular complexity index is 292. The molecular weight excluding hydrogens is 242 g/mol. The maximum absolute atomic E-state index is 11.7. The third-order valence-corrected chi connectivity index (χ3v) is 3.40. The molecule has 0 heterocycles. The van der Waals surface area contributed by atoms with Crippen LogP contribution in [0.2, 0.25) is 0 Å². The molecule has 5 heteroatoms. The Balaban J connectivity index is 2.15. The van der Waals surface area contributed by atoms with Crippen molar-refractivity contribution < 1.29 is 9.59 Å². The van der Waals surface area contributed by atoms with Crippen molar-refractivity contribution in [2.45, 2.75) is 58.0 Å². The second kappa shape index (κ2) is 7.48. The van der Waals surface area contributed by atoms with Crippen LogP contribution in [0.3, 0.4) is 0 Å². The first kappa shape index (κ1) is 16.0. The first-order chi connectivity index (χ1) is 8.90.